The number of aliphatic hydroxyl groups excluding tert-OH is 2. The molecule has 4 rings (SSSR count). The topological polar surface area (TPSA) is 49.7 Å². The minimum absolute atomic E-state index is 0.0938. The summed E-state index contributed by atoms with van der Waals surface area (Å²) in [6.07, 6.45) is 9.03. The van der Waals surface area contributed by atoms with Crippen LogP contribution in [0.5, 0.6) is 0 Å². The van der Waals surface area contributed by atoms with Crippen LogP contribution in [-0.4, -0.2) is 23.4 Å². The molecule has 0 radical (unpaired) electrons. The molecular formula is C23H26O3. The second-order valence-electron chi connectivity index (χ2n) is 6.52. The monoisotopic (exact) mass is 350 g/mol. The molecule has 2 aromatic rings. The van der Waals surface area contributed by atoms with Crippen molar-refractivity contribution < 1.29 is 14.9 Å². The van der Waals surface area contributed by atoms with Gasteiger partial charge >= 0.3 is 0 Å². The lowest BCUT2D eigenvalue weighted by atomic mass is 9.95. The van der Waals surface area contributed by atoms with Gasteiger partial charge in [0.15, 0.2) is 0 Å². The molecule has 0 amide bonds. The predicted octanol–water partition coefficient (Wildman–Crippen LogP) is 4.34. The van der Waals surface area contributed by atoms with Gasteiger partial charge in [0.25, 0.3) is 0 Å². The molecule has 2 aliphatic carbocycles. The van der Waals surface area contributed by atoms with Gasteiger partial charge in [-0.25, -0.2) is 0 Å². The quantitative estimate of drug-likeness (QED) is 0.862. The number of benzene rings is 2. The van der Waals surface area contributed by atoms with Crippen LogP contribution < -0.4 is 0 Å². The van der Waals surface area contributed by atoms with Crippen LogP contribution in [0.15, 0.2) is 60.0 Å². The summed E-state index contributed by atoms with van der Waals surface area (Å²) in [7, 11) is 0. The highest BCUT2D eigenvalue weighted by Crippen LogP contribution is 2.30. The summed E-state index contributed by atoms with van der Waals surface area (Å²) in [5.41, 5.74) is 5.45. The van der Waals surface area contributed by atoms with E-state index in [2.05, 4.69) is 60.7 Å². The third-order valence-corrected chi connectivity index (χ3v) is 4.60. The average Bonchev–Trinajstić information content (AvgIpc) is 2.69. The first-order valence-corrected chi connectivity index (χ1v) is 9.26. The van der Waals surface area contributed by atoms with Crippen LogP contribution in [0.2, 0.25) is 0 Å². The van der Waals surface area contributed by atoms with Crippen molar-refractivity contribution in [3.05, 3.63) is 82.3 Å². The van der Waals surface area contributed by atoms with Gasteiger partial charge in [0, 0.05) is 26.1 Å². The Hall–Kier alpha value is -2.36. The van der Waals surface area contributed by atoms with Crippen LogP contribution in [0, 0.1) is 0 Å². The normalized spacial score (nSPS) is 14.8. The molecule has 2 aliphatic rings. The number of hydrogen-bond donors (Lipinski definition) is 2. The number of aryl methyl sites for hydroxylation is 2. The van der Waals surface area contributed by atoms with Crippen LogP contribution >= 0.6 is 0 Å². The fraction of sp³-hybridized carbons (Fsp3) is 0.304. The first-order chi connectivity index (χ1) is 12.8. The lowest BCUT2D eigenvalue weighted by Gasteiger charge is -2.21. The van der Waals surface area contributed by atoms with Crippen molar-refractivity contribution in [2.45, 2.75) is 32.1 Å². The molecular weight excluding hydrogens is 324 g/mol. The predicted molar refractivity (Wildman–Crippen MR) is 105 cm³/mol. The molecule has 136 valence electrons. The number of rotatable bonds is 4. The lowest BCUT2D eigenvalue weighted by Crippen LogP contribution is -2.05. The molecule has 2 aromatic carbocycles. The molecule has 0 saturated carbocycles. The molecule has 0 spiro atoms. The van der Waals surface area contributed by atoms with Gasteiger partial charge in [-0.1, -0.05) is 48.5 Å². The number of hydrogen-bond acceptors (Lipinski definition) is 3. The molecule has 0 unspecified atom stereocenters. The van der Waals surface area contributed by atoms with Gasteiger partial charge in [-0.2, -0.15) is 0 Å². The van der Waals surface area contributed by atoms with E-state index < -0.39 is 0 Å². The standard InChI is InChI=1S/C20H18O.C3H8O2/c1-3-7-17-13-19(11-9-15(17)5-1)21-20-12-10-16-6-2-4-8-18(16)14-20;4-2-1-3-5/h1-8,13-14H,9-12H2;4-5H,1-3H2. The van der Waals surface area contributed by atoms with Crippen LogP contribution in [0.1, 0.15) is 41.5 Å². The summed E-state index contributed by atoms with van der Waals surface area (Å²) in [5.74, 6) is 2.19. The molecule has 26 heavy (non-hydrogen) atoms. The third-order valence-electron chi connectivity index (χ3n) is 4.60. The van der Waals surface area contributed by atoms with E-state index in [0.29, 0.717) is 6.42 Å². The maximum Gasteiger partial charge on any atom is 0.104 e. The van der Waals surface area contributed by atoms with Crippen LogP contribution in [-0.2, 0) is 17.6 Å². The fourth-order valence-corrected chi connectivity index (χ4v) is 3.21. The van der Waals surface area contributed by atoms with Gasteiger partial charge < -0.3 is 14.9 Å². The van der Waals surface area contributed by atoms with Crippen LogP contribution in [0.3, 0.4) is 0 Å². The Balaban J connectivity index is 0.000000349. The van der Waals surface area contributed by atoms with Gasteiger partial charge in [0.2, 0.25) is 0 Å². The van der Waals surface area contributed by atoms with E-state index >= 15 is 0 Å². The minimum atomic E-state index is 0.0938. The molecule has 0 saturated heterocycles. The third kappa shape index (κ3) is 4.84. The van der Waals surface area contributed by atoms with Crippen molar-refractivity contribution >= 4 is 12.2 Å². The smallest absolute Gasteiger partial charge is 0.104 e. The van der Waals surface area contributed by atoms with E-state index in [1.54, 1.807) is 0 Å². The molecule has 3 nitrogen and oxygen atoms in total. The maximum atomic E-state index is 7.91. The number of ether oxygens (including phenoxy) is 1. The maximum absolute atomic E-state index is 7.91. The van der Waals surface area contributed by atoms with E-state index in [-0.39, 0.29) is 13.2 Å². The minimum Gasteiger partial charge on any atom is -0.466 e. The van der Waals surface area contributed by atoms with Crippen molar-refractivity contribution in [2.75, 3.05) is 13.2 Å². The zero-order valence-electron chi connectivity index (χ0n) is 15.0. The Morgan fingerprint density at radius 3 is 1.54 bits per heavy atom. The second-order valence-corrected chi connectivity index (χ2v) is 6.52. The van der Waals surface area contributed by atoms with Gasteiger partial charge in [0.1, 0.15) is 11.5 Å². The summed E-state index contributed by atoms with van der Waals surface area (Å²) in [5, 5.41) is 15.8. The molecule has 0 aliphatic heterocycles. The largest absolute Gasteiger partial charge is 0.466 e. The fourth-order valence-electron chi connectivity index (χ4n) is 3.21. The highest BCUT2D eigenvalue weighted by molar-refractivity contribution is 5.60. The molecule has 0 heterocycles. The van der Waals surface area contributed by atoms with Crippen LogP contribution in [0.4, 0.5) is 0 Å². The van der Waals surface area contributed by atoms with Crippen LogP contribution in [0.25, 0.3) is 12.2 Å². The highest BCUT2D eigenvalue weighted by atomic mass is 16.5. The lowest BCUT2D eigenvalue weighted by molar-refractivity contribution is 0.221. The Morgan fingerprint density at radius 2 is 1.12 bits per heavy atom. The van der Waals surface area contributed by atoms with E-state index in [4.69, 9.17) is 14.9 Å². The van der Waals surface area contributed by atoms with Crippen molar-refractivity contribution in [3.8, 4) is 0 Å². The summed E-state index contributed by atoms with van der Waals surface area (Å²) in [4.78, 5) is 0. The molecule has 0 bridgehead atoms. The number of fused-ring (bicyclic) bond motifs is 2. The Labute approximate surface area is 155 Å². The van der Waals surface area contributed by atoms with E-state index in [0.717, 1.165) is 37.2 Å². The van der Waals surface area contributed by atoms with Crippen molar-refractivity contribution in [1.82, 2.24) is 0 Å². The molecule has 3 heteroatoms. The highest BCUT2D eigenvalue weighted by Gasteiger charge is 2.15. The molecule has 0 fully saturated rings. The number of aliphatic hydroxyl groups is 2. The summed E-state index contributed by atoms with van der Waals surface area (Å²) >= 11 is 0. The Bertz CT molecular complexity index is 724. The average molecular weight is 350 g/mol. The molecule has 0 atom stereocenters. The van der Waals surface area contributed by atoms with E-state index in [1.807, 2.05) is 0 Å². The molecule has 2 N–H and O–H groups in total. The number of allylic oxidation sites excluding steroid dienone is 2. The first-order valence-electron chi connectivity index (χ1n) is 9.26. The zero-order valence-corrected chi connectivity index (χ0v) is 15.0. The first kappa shape index (κ1) is 18.4. The Morgan fingerprint density at radius 1 is 0.654 bits per heavy atom. The molecule has 0 aromatic heterocycles. The second kappa shape index (κ2) is 9.37. The zero-order chi connectivity index (χ0) is 18.2. The summed E-state index contributed by atoms with van der Waals surface area (Å²) < 4.78 is 6.17. The van der Waals surface area contributed by atoms with Crippen molar-refractivity contribution in [1.29, 1.82) is 0 Å². The van der Waals surface area contributed by atoms with Gasteiger partial charge in [-0.15, -0.1) is 0 Å². The summed E-state index contributed by atoms with van der Waals surface area (Å²) in [6.45, 7) is 0.188. The van der Waals surface area contributed by atoms with Gasteiger partial charge in [-0.3, -0.25) is 0 Å². The van der Waals surface area contributed by atoms with Crippen molar-refractivity contribution in [3.63, 3.8) is 0 Å². The van der Waals surface area contributed by atoms with Gasteiger partial charge in [0.05, 0.1) is 0 Å². The Kier molecular flexibility index (Phi) is 6.64. The summed E-state index contributed by atoms with van der Waals surface area (Å²) in [6, 6.07) is 17.2. The van der Waals surface area contributed by atoms with E-state index in [9.17, 15) is 0 Å². The van der Waals surface area contributed by atoms with E-state index in [1.165, 1.54) is 22.3 Å². The van der Waals surface area contributed by atoms with Gasteiger partial charge in [-0.05, 0) is 53.7 Å². The van der Waals surface area contributed by atoms with Crippen molar-refractivity contribution in [2.24, 2.45) is 0 Å². The SMILES string of the molecule is C1=C(OC2=Cc3ccccc3CC2)CCc2ccccc21.OCCCO.